The summed E-state index contributed by atoms with van der Waals surface area (Å²) in [5.74, 6) is -0.259. The third-order valence-corrected chi connectivity index (χ3v) is 6.28. The number of nitrogens with zero attached hydrogens (tertiary/aromatic N) is 2. The molecular weight excluding hydrogens is 456 g/mol. The summed E-state index contributed by atoms with van der Waals surface area (Å²) in [6.45, 7) is 0.0134. The monoisotopic (exact) mass is 474 g/mol. The van der Waals surface area contributed by atoms with Gasteiger partial charge in [0.05, 0.1) is 42.3 Å². The Kier molecular flexibility index (Phi) is 5.69. The Hall–Kier alpha value is -4.24. The van der Waals surface area contributed by atoms with Gasteiger partial charge in [0.1, 0.15) is 23.1 Å². The number of rotatable bonds is 7. The van der Waals surface area contributed by atoms with Crippen molar-refractivity contribution in [2.24, 2.45) is 0 Å². The van der Waals surface area contributed by atoms with Gasteiger partial charge < -0.3 is 13.9 Å². The van der Waals surface area contributed by atoms with Crippen LogP contribution in [-0.2, 0) is 17.9 Å². The number of furan rings is 1. The minimum Gasteiger partial charge on any atom is -0.497 e. The summed E-state index contributed by atoms with van der Waals surface area (Å²) in [4.78, 5) is 43.6. The smallest absolute Gasteiger partial charge is 0.338 e. The number of esters is 1. The fourth-order valence-electron chi connectivity index (χ4n) is 3.58. The second-order valence-electron chi connectivity index (χ2n) is 7.48. The van der Waals surface area contributed by atoms with Crippen LogP contribution in [0.3, 0.4) is 0 Å². The zero-order valence-corrected chi connectivity index (χ0v) is 18.8. The van der Waals surface area contributed by atoms with Gasteiger partial charge in [-0.3, -0.25) is 14.5 Å². The van der Waals surface area contributed by atoms with E-state index in [0.717, 1.165) is 21.2 Å². The average molecular weight is 474 g/mol. The summed E-state index contributed by atoms with van der Waals surface area (Å²) < 4.78 is 15.8. The molecule has 0 fully saturated rings. The number of hydrogen-bond donors (Lipinski definition) is 0. The fourth-order valence-corrected chi connectivity index (χ4v) is 4.39. The highest BCUT2D eigenvalue weighted by atomic mass is 32.1. The normalized spacial score (nSPS) is 12.7. The first-order valence-electron chi connectivity index (χ1n) is 10.3. The maximum Gasteiger partial charge on any atom is 0.338 e. The number of imide groups is 1. The zero-order chi connectivity index (χ0) is 23.7. The number of carbonyl (C=O) groups is 3. The lowest BCUT2D eigenvalue weighted by Gasteiger charge is -2.11. The number of carbonyl (C=O) groups excluding carboxylic acids is 3. The molecule has 3 heterocycles. The molecule has 0 saturated carbocycles. The summed E-state index contributed by atoms with van der Waals surface area (Å²) in [5.41, 5.74) is 2.15. The maximum absolute atomic E-state index is 12.8. The Morgan fingerprint density at radius 2 is 1.85 bits per heavy atom. The molecule has 0 spiro atoms. The molecule has 34 heavy (non-hydrogen) atoms. The van der Waals surface area contributed by atoms with Crippen molar-refractivity contribution in [2.75, 3.05) is 7.11 Å². The number of aromatic nitrogens is 1. The van der Waals surface area contributed by atoms with Gasteiger partial charge in [0.2, 0.25) is 0 Å². The van der Waals surface area contributed by atoms with Crippen LogP contribution in [0.25, 0.3) is 10.6 Å². The van der Waals surface area contributed by atoms with E-state index in [4.69, 9.17) is 13.9 Å². The predicted molar refractivity (Wildman–Crippen MR) is 123 cm³/mol. The molecule has 8 nitrogen and oxygen atoms in total. The molecule has 1 aliphatic heterocycles. The first-order valence-corrected chi connectivity index (χ1v) is 11.2. The number of ether oxygens (including phenoxy) is 2. The van der Waals surface area contributed by atoms with Crippen molar-refractivity contribution in [1.29, 1.82) is 0 Å². The van der Waals surface area contributed by atoms with E-state index in [2.05, 4.69) is 4.98 Å². The summed E-state index contributed by atoms with van der Waals surface area (Å²) in [6, 6.07) is 15.2. The van der Waals surface area contributed by atoms with Gasteiger partial charge in [-0.25, -0.2) is 9.78 Å². The molecule has 170 valence electrons. The molecule has 2 amide bonds. The molecule has 2 aromatic heterocycles. The van der Waals surface area contributed by atoms with E-state index < -0.39 is 17.8 Å². The first-order chi connectivity index (χ1) is 16.5. The molecule has 0 aliphatic carbocycles. The number of hydrogen-bond acceptors (Lipinski definition) is 8. The minimum atomic E-state index is -0.605. The molecule has 1 aliphatic rings. The van der Waals surface area contributed by atoms with E-state index in [9.17, 15) is 14.4 Å². The van der Waals surface area contributed by atoms with Gasteiger partial charge >= 0.3 is 5.97 Å². The highest BCUT2D eigenvalue weighted by molar-refractivity contribution is 7.13. The van der Waals surface area contributed by atoms with Crippen LogP contribution in [0.1, 0.15) is 42.5 Å². The lowest BCUT2D eigenvalue weighted by atomic mass is 10.1. The average Bonchev–Trinajstić information content (AvgIpc) is 3.61. The van der Waals surface area contributed by atoms with Gasteiger partial charge in [-0.05, 0) is 54.6 Å². The molecule has 0 N–H and O–H groups in total. The van der Waals surface area contributed by atoms with E-state index in [1.807, 2.05) is 29.6 Å². The van der Waals surface area contributed by atoms with Gasteiger partial charge in [0, 0.05) is 10.9 Å². The Balaban J connectivity index is 1.25. The van der Waals surface area contributed by atoms with Crippen LogP contribution in [0.2, 0.25) is 0 Å². The van der Waals surface area contributed by atoms with E-state index in [1.54, 1.807) is 19.2 Å². The molecule has 0 unspecified atom stereocenters. The van der Waals surface area contributed by atoms with Crippen molar-refractivity contribution in [3.05, 3.63) is 94.4 Å². The summed E-state index contributed by atoms with van der Waals surface area (Å²) >= 11 is 1.44. The Bertz CT molecular complexity index is 1370. The molecular formula is C25H18N2O6S. The zero-order valence-electron chi connectivity index (χ0n) is 18.0. The minimum absolute atomic E-state index is 0.0138. The summed E-state index contributed by atoms with van der Waals surface area (Å²) in [5, 5.41) is 2.62. The van der Waals surface area contributed by atoms with Crippen LogP contribution in [0, 0.1) is 0 Å². The van der Waals surface area contributed by atoms with Gasteiger partial charge in [0.15, 0.2) is 0 Å². The number of amides is 2. The van der Waals surface area contributed by atoms with Gasteiger partial charge in [0.25, 0.3) is 11.8 Å². The second kappa shape index (κ2) is 8.95. The van der Waals surface area contributed by atoms with Gasteiger partial charge in [-0.1, -0.05) is 0 Å². The largest absolute Gasteiger partial charge is 0.497 e. The van der Waals surface area contributed by atoms with Crippen molar-refractivity contribution in [2.45, 2.75) is 13.2 Å². The van der Waals surface area contributed by atoms with Crippen LogP contribution in [0.4, 0.5) is 0 Å². The Morgan fingerprint density at radius 3 is 2.59 bits per heavy atom. The lowest BCUT2D eigenvalue weighted by molar-refractivity contribution is 0.0468. The predicted octanol–water partition coefficient (Wildman–Crippen LogP) is 4.56. The van der Waals surface area contributed by atoms with Crippen molar-refractivity contribution in [1.82, 2.24) is 9.88 Å². The molecule has 5 rings (SSSR count). The van der Waals surface area contributed by atoms with Crippen molar-refractivity contribution < 1.29 is 28.3 Å². The highest BCUT2D eigenvalue weighted by Gasteiger charge is 2.36. The van der Waals surface area contributed by atoms with Crippen LogP contribution in [-0.4, -0.2) is 34.8 Å². The molecule has 0 radical (unpaired) electrons. The number of thiazole rings is 1. The molecule has 2 aromatic carbocycles. The van der Waals surface area contributed by atoms with Crippen LogP contribution >= 0.6 is 11.3 Å². The summed E-state index contributed by atoms with van der Waals surface area (Å²) in [6.07, 6.45) is 1.48. The molecule has 9 heteroatoms. The number of fused-ring (bicyclic) bond motifs is 1. The van der Waals surface area contributed by atoms with E-state index in [-0.39, 0.29) is 29.8 Å². The Morgan fingerprint density at radius 1 is 1.06 bits per heavy atom. The standard InChI is InChI=1S/C25H18N2O6S/c1-31-18-7-4-15(5-8-18)22-26-17(14-34-22)13-33-25(30)16-6-9-20-21(11-16)24(29)27(23(20)28)12-19-3-2-10-32-19/h2-11,14H,12-13H2,1H3. The second-order valence-corrected chi connectivity index (χ2v) is 8.34. The van der Waals surface area contributed by atoms with Crippen molar-refractivity contribution in [3.63, 3.8) is 0 Å². The van der Waals surface area contributed by atoms with Gasteiger partial charge in [-0.15, -0.1) is 11.3 Å². The third kappa shape index (κ3) is 4.08. The quantitative estimate of drug-likeness (QED) is 0.286. The molecule has 0 saturated heterocycles. The fraction of sp³-hybridized carbons (Fsp3) is 0.120. The lowest BCUT2D eigenvalue weighted by Crippen LogP contribution is -2.28. The number of methoxy groups -OCH3 is 1. The van der Waals surface area contributed by atoms with Crippen molar-refractivity contribution in [3.8, 4) is 16.3 Å². The Labute approximate surface area is 198 Å². The van der Waals surface area contributed by atoms with E-state index >= 15 is 0 Å². The first kappa shape index (κ1) is 21.6. The van der Waals surface area contributed by atoms with Crippen LogP contribution < -0.4 is 4.74 Å². The SMILES string of the molecule is COc1ccc(-c2nc(COC(=O)c3ccc4c(c3)C(=O)N(Cc3ccco3)C4=O)cs2)cc1. The van der Waals surface area contributed by atoms with E-state index in [0.29, 0.717) is 11.5 Å². The third-order valence-electron chi connectivity index (χ3n) is 5.34. The molecule has 4 aromatic rings. The summed E-state index contributed by atoms with van der Waals surface area (Å²) in [7, 11) is 1.61. The maximum atomic E-state index is 12.8. The van der Waals surface area contributed by atoms with Crippen LogP contribution in [0.15, 0.2) is 70.7 Å². The topological polar surface area (TPSA) is 98.9 Å². The van der Waals surface area contributed by atoms with Crippen LogP contribution in [0.5, 0.6) is 5.75 Å². The number of benzene rings is 2. The highest BCUT2D eigenvalue weighted by Crippen LogP contribution is 2.28. The van der Waals surface area contributed by atoms with Gasteiger partial charge in [-0.2, -0.15) is 0 Å². The molecule has 0 bridgehead atoms. The molecule has 0 atom stereocenters. The van der Waals surface area contributed by atoms with Crippen molar-refractivity contribution >= 4 is 29.1 Å². The van der Waals surface area contributed by atoms with E-state index in [1.165, 1.54) is 35.8 Å².